The third-order valence-electron chi connectivity index (χ3n) is 4.11. The van der Waals surface area contributed by atoms with E-state index in [1.54, 1.807) is 18.6 Å². The summed E-state index contributed by atoms with van der Waals surface area (Å²) in [6.45, 7) is 7.62. The van der Waals surface area contributed by atoms with Crippen molar-refractivity contribution in [3.8, 4) is 11.8 Å². The molecule has 4 rings (SSSR count). The summed E-state index contributed by atoms with van der Waals surface area (Å²) in [6.07, 6.45) is 5.24. The molecule has 0 aliphatic carbocycles. The molecule has 24 heavy (non-hydrogen) atoms. The molecule has 0 amide bonds. The molecule has 3 aromatic rings. The lowest BCUT2D eigenvalue weighted by Gasteiger charge is -2.18. The van der Waals surface area contributed by atoms with Crippen molar-refractivity contribution in [1.29, 1.82) is 0 Å². The fraction of sp³-hybridized carbons (Fsp3) is 0.389. The molecule has 0 saturated heterocycles. The minimum atomic E-state index is -0.0487. The molecule has 3 aromatic heterocycles. The predicted octanol–water partition coefficient (Wildman–Crippen LogP) is 2.96. The van der Waals surface area contributed by atoms with Gasteiger partial charge in [0.2, 0.25) is 0 Å². The molecule has 0 aromatic carbocycles. The predicted molar refractivity (Wildman–Crippen MR) is 90.4 cm³/mol. The van der Waals surface area contributed by atoms with Crippen molar-refractivity contribution < 1.29 is 9.47 Å². The standard InChI is InChI=1S/C18H20N4O2/c1-18(2,3)16-5-4-12(8-20-16)23-11-13-10-22-15-6-7-19-9-14(15)21-17(22)24-13/h4-9,13H,10-11H2,1-3H3/t13-/m0/s1. The Hall–Kier alpha value is -2.63. The van der Waals surface area contributed by atoms with Gasteiger partial charge in [0, 0.05) is 17.3 Å². The Morgan fingerprint density at radius 1 is 1.25 bits per heavy atom. The van der Waals surface area contributed by atoms with E-state index in [0.717, 1.165) is 29.0 Å². The van der Waals surface area contributed by atoms with Crippen LogP contribution in [-0.4, -0.2) is 32.2 Å². The van der Waals surface area contributed by atoms with E-state index in [0.29, 0.717) is 12.6 Å². The number of nitrogens with zero attached hydrogens (tertiary/aromatic N) is 4. The lowest BCUT2D eigenvalue weighted by molar-refractivity contribution is 0.143. The van der Waals surface area contributed by atoms with E-state index in [4.69, 9.17) is 9.47 Å². The summed E-state index contributed by atoms with van der Waals surface area (Å²) in [7, 11) is 0. The molecular weight excluding hydrogens is 304 g/mol. The average molecular weight is 324 g/mol. The van der Waals surface area contributed by atoms with Crippen molar-refractivity contribution in [2.45, 2.75) is 38.8 Å². The molecule has 6 heteroatoms. The highest BCUT2D eigenvalue weighted by molar-refractivity contribution is 5.75. The monoisotopic (exact) mass is 324 g/mol. The van der Waals surface area contributed by atoms with E-state index in [1.165, 1.54) is 0 Å². The minimum Gasteiger partial charge on any atom is -0.488 e. The Morgan fingerprint density at radius 3 is 2.88 bits per heavy atom. The number of pyridine rings is 2. The molecule has 124 valence electrons. The summed E-state index contributed by atoms with van der Waals surface area (Å²) in [5.41, 5.74) is 2.98. The number of aromatic nitrogens is 4. The quantitative estimate of drug-likeness (QED) is 0.741. The van der Waals surface area contributed by atoms with Crippen molar-refractivity contribution in [2.75, 3.05) is 6.61 Å². The number of imidazole rings is 1. The smallest absolute Gasteiger partial charge is 0.297 e. The van der Waals surface area contributed by atoms with Crippen LogP contribution in [0.3, 0.4) is 0 Å². The molecule has 0 unspecified atom stereocenters. The first-order chi connectivity index (χ1) is 11.5. The maximum Gasteiger partial charge on any atom is 0.297 e. The second-order valence-corrected chi connectivity index (χ2v) is 7.05. The molecule has 4 heterocycles. The fourth-order valence-corrected chi connectivity index (χ4v) is 2.80. The molecular formula is C18H20N4O2. The third-order valence-corrected chi connectivity index (χ3v) is 4.11. The normalized spacial score (nSPS) is 16.9. The van der Waals surface area contributed by atoms with Crippen LogP contribution in [0.15, 0.2) is 36.8 Å². The minimum absolute atomic E-state index is 0.0399. The van der Waals surface area contributed by atoms with Gasteiger partial charge in [0.25, 0.3) is 6.01 Å². The van der Waals surface area contributed by atoms with Gasteiger partial charge >= 0.3 is 0 Å². The number of ether oxygens (including phenoxy) is 2. The van der Waals surface area contributed by atoms with Crippen LogP contribution in [0.2, 0.25) is 0 Å². The van der Waals surface area contributed by atoms with Crippen molar-refractivity contribution in [3.63, 3.8) is 0 Å². The Labute approximate surface area is 140 Å². The largest absolute Gasteiger partial charge is 0.488 e. The van der Waals surface area contributed by atoms with Crippen LogP contribution in [0, 0.1) is 0 Å². The molecule has 1 atom stereocenters. The summed E-state index contributed by atoms with van der Waals surface area (Å²) in [5.74, 6) is 0.755. The summed E-state index contributed by atoms with van der Waals surface area (Å²) >= 11 is 0. The molecule has 0 radical (unpaired) electrons. The topological polar surface area (TPSA) is 62.1 Å². The van der Waals surface area contributed by atoms with E-state index in [-0.39, 0.29) is 11.5 Å². The van der Waals surface area contributed by atoms with Gasteiger partial charge in [-0.2, -0.15) is 4.98 Å². The highest BCUT2D eigenvalue weighted by atomic mass is 16.6. The first-order valence-electron chi connectivity index (χ1n) is 8.07. The lowest BCUT2D eigenvalue weighted by atomic mass is 9.92. The van der Waals surface area contributed by atoms with Gasteiger partial charge in [-0.25, -0.2) is 0 Å². The van der Waals surface area contributed by atoms with Crippen molar-refractivity contribution >= 4 is 11.0 Å². The molecule has 1 aliphatic heterocycles. The number of fused-ring (bicyclic) bond motifs is 3. The zero-order valence-corrected chi connectivity index (χ0v) is 14.1. The second kappa shape index (κ2) is 5.47. The van der Waals surface area contributed by atoms with Crippen LogP contribution in [0.5, 0.6) is 11.8 Å². The molecule has 6 nitrogen and oxygen atoms in total. The maximum absolute atomic E-state index is 5.87. The van der Waals surface area contributed by atoms with Crippen molar-refractivity contribution in [2.24, 2.45) is 0 Å². The summed E-state index contributed by atoms with van der Waals surface area (Å²) in [6, 6.07) is 6.55. The molecule has 0 bridgehead atoms. The van der Waals surface area contributed by atoms with Crippen molar-refractivity contribution in [1.82, 2.24) is 19.5 Å². The van der Waals surface area contributed by atoms with E-state index < -0.39 is 0 Å². The SMILES string of the molecule is CC(C)(C)c1ccc(OC[C@@H]2Cn3c(nc4cnccc43)O2)cn1. The molecule has 1 aliphatic rings. The van der Waals surface area contributed by atoms with E-state index >= 15 is 0 Å². The first-order valence-corrected chi connectivity index (χ1v) is 8.07. The van der Waals surface area contributed by atoms with Gasteiger partial charge in [-0.15, -0.1) is 0 Å². The van der Waals surface area contributed by atoms with Gasteiger partial charge in [0.05, 0.1) is 24.5 Å². The van der Waals surface area contributed by atoms with E-state index in [1.807, 2.05) is 18.2 Å². The summed E-state index contributed by atoms with van der Waals surface area (Å²) < 4.78 is 13.8. The molecule has 0 fully saturated rings. The Kier molecular flexibility index (Phi) is 3.40. The third kappa shape index (κ3) is 2.68. The van der Waals surface area contributed by atoms with Crippen LogP contribution in [-0.2, 0) is 12.0 Å². The molecule has 0 saturated carbocycles. The Balaban J connectivity index is 1.40. The Morgan fingerprint density at radius 2 is 2.12 bits per heavy atom. The van der Waals surface area contributed by atoms with E-state index in [9.17, 15) is 0 Å². The average Bonchev–Trinajstić information content (AvgIpc) is 3.10. The van der Waals surface area contributed by atoms with Gasteiger partial charge in [-0.3, -0.25) is 14.5 Å². The van der Waals surface area contributed by atoms with Gasteiger partial charge in [-0.1, -0.05) is 20.8 Å². The highest BCUT2D eigenvalue weighted by Gasteiger charge is 2.27. The van der Waals surface area contributed by atoms with E-state index in [2.05, 4.69) is 40.3 Å². The van der Waals surface area contributed by atoms with Crippen molar-refractivity contribution in [3.05, 3.63) is 42.5 Å². The highest BCUT2D eigenvalue weighted by Crippen LogP contribution is 2.27. The maximum atomic E-state index is 5.87. The van der Waals surface area contributed by atoms with Crippen LogP contribution in [0.1, 0.15) is 26.5 Å². The van der Waals surface area contributed by atoms with Crippen LogP contribution >= 0.6 is 0 Å². The second-order valence-electron chi connectivity index (χ2n) is 7.05. The van der Waals surface area contributed by atoms with Gasteiger partial charge in [0.15, 0.2) is 6.10 Å². The first kappa shape index (κ1) is 14.9. The molecule has 0 spiro atoms. The molecule has 0 N–H and O–H groups in total. The summed E-state index contributed by atoms with van der Waals surface area (Å²) in [4.78, 5) is 13.0. The number of rotatable bonds is 3. The number of hydrogen-bond acceptors (Lipinski definition) is 5. The van der Waals surface area contributed by atoms with Crippen LogP contribution in [0.25, 0.3) is 11.0 Å². The number of hydrogen-bond donors (Lipinski definition) is 0. The zero-order chi connectivity index (χ0) is 16.7. The lowest BCUT2D eigenvalue weighted by Crippen LogP contribution is -2.23. The van der Waals surface area contributed by atoms with Gasteiger partial charge in [-0.05, 0) is 18.2 Å². The van der Waals surface area contributed by atoms with Gasteiger partial charge < -0.3 is 9.47 Å². The fourth-order valence-electron chi connectivity index (χ4n) is 2.80. The Bertz CT molecular complexity index is 865. The van der Waals surface area contributed by atoms with Crippen LogP contribution < -0.4 is 9.47 Å². The summed E-state index contributed by atoms with van der Waals surface area (Å²) in [5, 5.41) is 0. The zero-order valence-electron chi connectivity index (χ0n) is 14.1. The van der Waals surface area contributed by atoms with Gasteiger partial charge in [0.1, 0.15) is 17.9 Å². The van der Waals surface area contributed by atoms with Crippen LogP contribution in [0.4, 0.5) is 0 Å².